The molecule has 0 radical (unpaired) electrons. The van der Waals surface area contributed by atoms with Crippen molar-refractivity contribution < 1.29 is 8.85 Å². The van der Waals surface area contributed by atoms with Crippen molar-refractivity contribution in [3.05, 3.63) is 0 Å². The lowest BCUT2D eigenvalue weighted by Gasteiger charge is -2.31. The van der Waals surface area contributed by atoms with Gasteiger partial charge in [0.25, 0.3) is 0 Å². The first-order valence-electron chi connectivity index (χ1n) is 5.89. The maximum absolute atomic E-state index is 6.00. The highest BCUT2D eigenvalue weighted by molar-refractivity contribution is 6.65. The smallest absolute Gasteiger partial charge is 0.334 e. The first kappa shape index (κ1) is 12.2. The number of hydrogen-bond donors (Lipinski definition) is 0. The molecule has 1 aliphatic rings. The van der Waals surface area contributed by atoms with Crippen LogP contribution in [0.5, 0.6) is 0 Å². The molecule has 3 heteroatoms. The van der Waals surface area contributed by atoms with Crippen molar-refractivity contribution in [3.8, 4) is 0 Å². The molecule has 0 N–H and O–H groups in total. The van der Waals surface area contributed by atoms with Crippen LogP contribution in [-0.2, 0) is 8.85 Å². The van der Waals surface area contributed by atoms with Gasteiger partial charge in [-0.15, -0.1) is 0 Å². The van der Waals surface area contributed by atoms with Gasteiger partial charge in [0.2, 0.25) is 0 Å². The molecule has 0 aromatic rings. The molecule has 0 aromatic heterocycles. The fourth-order valence-electron chi connectivity index (χ4n) is 1.68. The molecule has 0 amide bonds. The van der Waals surface area contributed by atoms with Crippen molar-refractivity contribution >= 4 is 8.56 Å². The van der Waals surface area contributed by atoms with E-state index in [2.05, 4.69) is 13.5 Å². The topological polar surface area (TPSA) is 18.5 Å². The molecule has 0 aromatic carbocycles. The van der Waals surface area contributed by atoms with Gasteiger partial charge in [0, 0.05) is 13.7 Å². The SMILES string of the molecule is CCCC[Si](C)(OC)OCC1CCC1. The standard InChI is InChI=1S/C11H24O2Si/c1-4-5-9-14(3,12-2)13-10-11-7-6-8-11/h11H,4-10H2,1-3H3. The highest BCUT2D eigenvalue weighted by Gasteiger charge is 2.31. The van der Waals surface area contributed by atoms with Gasteiger partial charge in [0.05, 0.1) is 0 Å². The Kier molecular flexibility index (Phi) is 5.13. The number of hydrogen-bond acceptors (Lipinski definition) is 2. The van der Waals surface area contributed by atoms with Gasteiger partial charge in [-0.25, -0.2) is 0 Å². The lowest BCUT2D eigenvalue weighted by Crippen LogP contribution is -2.39. The molecule has 14 heavy (non-hydrogen) atoms. The van der Waals surface area contributed by atoms with Gasteiger partial charge in [-0.3, -0.25) is 0 Å². The molecule has 0 saturated heterocycles. The van der Waals surface area contributed by atoms with Gasteiger partial charge in [-0.2, -0.15) is 0 Å². The van der Waals surface area contributed by atoms with E-state index in [0.29, 0.717) is 0 Å². The normalized spacial score (nSPS) is 21.6. The van der Waals surface area contributed by atoms with Crippen LogP contribution in [0, 0.1) is 5.92 Å². The monoisotopic (exact) mass is 216 g/mol. The zero-order valence-corrected chi connectivity index (χ0v) is 10.8. The summed E-state index contributed by atoms with van der Waals surface area (Å²) in [5.41, 5.74) is 0. The van der Waals surface area contributed by atoms with E-state index in [1.165, 1.54) is 32.1 Å². The molecule has 84 valence electrons. The quantitative estimate of drug-likeness (QED) is 0.608. The lowest BCUT2D eigenvalue weighted by molar-refractivity contribution is 0.132. The molecule has 1 unspecified atom stereocenters. The van der Waals surface area contributed by atoms with Crippen molar-refractivity contribution in [1.29, 1.82) is 0 Å². The largest absolute Gasteiger partial charge is 0.398 e. The third-order valence-corrected chi connectivity index (χ3v) is 6.17. The summed E-state index contributed by atoms with van der Waals surface area (Å²) in [6, 6.07) is 1.15. The fraction of sp³-hybridized carbons (Fsp3) is 1.00. The van der Waals surface area contributed by atoms with Gasteiger partial charge in [-0.05, 0) is 31.4 Å². The zero-order valence-electron chi connectivity index (χ0n) is 9.84. The molecular weight excluding hydrogens is 192 g/mol. The predicted octanol–water partition coefficient (Wildman–Crippen LogP) is 3.32. The van der Waals surface area contributed by atoms with E-state index in [0.717, 1.165) is 18.6 Å². The maximum Gasteiger partial charge on any atom is 0.334 e. The Morgan fingerprint density at radius 3 is 2.50 bits per heavy atom. The third-order valence-electron chi connectivity index (χ3n) is 3.27. The average molecular weight is 216 g/mol. The summed E-state index contributed by atoms with van der Waals surface area (Å²) in [6.07, 6.45) is 6.60. The third kappa shape index (κ3) is 3.71. The Morgan fingerprint density at radius 1 is 1.36 bits per heavy atom. The van der Waals surface area contributed by atoms with Crippen molar-refractivity contribution in [2.24, 2.45) is 5.92 Å². The lowest BCUT2D eigenvalue weighted by atomic mass is 9.86. The summed E-state index contributed by atoms with van der Waals surface area (Å²) in [5.74, 6) is 0.832. The molecule has 1 saturated carbocycles. The van der Waals surface area contributed by atoms with Crippen LogP contribution in [0.4, 0.5) is 0 Å². The second-order valence-corrected chi connectivity index (χ2v) is 8.01. The minimum Gasteiger partial charge on any atom is -0.398 e. The van der Waals surface area contributed by atoms with Crippen LogP contribution in [-0.4, -0.2) is 22.3 Å². The van der Waals surface area contributed by atoms with E-state index in [1.54, 1.807) is 0 Å². The van der Waals surface area contributed by atoms with Crippen molar-refractivity contribution in [2.75, 3.05) is 13.7 Å². The van der Waals surface area contributed by atoms with Crippen LogP contribution in [0.2, 0.25) is 12.6 Å². The van der Waals surface area contributed by atoms with Crippen LogP contribution in [0.1, 0.15) is 39.0 Å². The minimum atomic E-state index is -1.79. The molecule has 1 aliphatic carbocycles. The van der Waals surface area contributed by atoms with Gasteiger partial charge in [-0.1, -0.05) is 26.2 Å². The molecule has 1 fully saturated rings. The van der Waals surface area contributed by atoms with E-state index >= 15 is 0 Å². The van der Waals surface area contributed by atoms with Crippen LogP contribution < -0.4 is 0 Å². The minimum absolute atomic E-state index is 0.832. The molecule has 1 atom stereocenters. The van der Waals surface area contributed by atoms with Crippen molar-refractivity contribution in [1.82, 2.24) is 0 Å². The van der Waals surface area contributed by atoms with E-state index in [1.807, 2.05) is 7.11 Å². The predicted molar refractivity (Wildman–Crippen MR) is 61.6 cm³/mol. The number of unbranched alkanes of at least 4 members (excludes halogenated alkanes) is 1. The average Bonchev–Trinajstić information content (AvgIpc) is 2.12. The molecule has 2 nitrogen and oxygen atoms in total. The highest BCUT2D eigenvalue weighted by Crippen LogP contribution is 2.28. The number of rotatable bonds is 7. The van der Waals surface area contributed by atoms with Crippen LogP contribution in [0.3, 0.4) is 0 Å². The Hall–Kier alpha value is 0.137. The molecule has 0 aliphatic heterocycles. The van der Waals surface area contributed by atoms with Gasteiger partial charge >= 0.3 is 8.56 Å². The maximum atomic E-state index is 6.00. The Morgan fingerprint density at radius 2 is 2.07 bits per heavy atom. The summed E-state index contributed by atoms with van der Waals surface area (Å²) in [5, 5.41) is 0. The highest BCUT2D eigenvalue weighted by atomic mass is 28.4. The van der Waals surface area contributed by atoms with E-state index in [9.17, 15) is 0 Å². The Bertz CT molecular complexity index is 159. The molecule has 0 heterocycles. The second-order valence-electron chi connectivity index (χ2n) is 4.55. The first-order chi connectivity index (χ1) is 6.70. The first-order valence-corrected chi connectivity index (χ1v) is 8.41. The van der Waals surface area contributed by atoms with Gasteiger partial charge < -0.3 is 8.85 Å². The zero-order chi connectivity index (χ0) is 10.4. The van der Waals surface area contributed by atoms with E-state index < -0.39 is 8.56 Å². The molecule has 0 spiro atoms. The molecule has 0 bridgehead atoms. The summed E-state index contributed by atoms with van der Waals surface area (Å²) in [4.78, 5) is 0. The van der Waals surface area contributed by atoms with Crippen molar-refractivity contribution in [3.63, 3.8) is 0 Å². The molecular formula is C11H24O2Si. The Balaban J connectivity index is 2.19. The summed E-state index contributed by atoms with van der Waals surface area (Å²) >= 11 is 0. The fourth-order valence-corrected chi connectivity index (χ4v) is 3.74. The van der Waals surface area contributed by atoms with E-state index in [-0.39, 0.29) is 0 Å². The molecule has 1 rings (SSSR count). The van der Waals surface area contributed by atoms with Crippen LogP contribution in [0.15, 0.2) is 0 Å². The van der Waals surface area contributed by atoms with Crippen LogP contribution >= 0.6 is 0 Å². The summed E-state index contributed by atoms with van der Waals surface area (Å²) < 4.78 is 11.6. The van der Waals surface area contributed by atoms with E-state index in [4.69, 9.17) is 8.85 Å². The van der Waals surface area contributed by atoms with Gasteiger partial charge in [0.15, 0.2) is 0 Å². The summed E-state index contributed by atoms with van der Waals surface area (Å²) in [6.45, 7) is 5.36. The van der Waals surface area contributed by atoms with Gasteiger partial charge in [0.1, 0.15) is 0 Å². The second kappa shape index (κ2) is 5.88. The Labute approximate surface area is 89.2 Å². The summed E-state index contributed by atoms with van der Waals surface area (Å²) in [7, 11) is 0.0187. The van der Waals surface area contributed by atoms with Crippen molar-refractivity contribution in [2.45, 2.75) is 51.6 Å². The van der Waals surface area contributed by atoms with Crippen LogP contribution in [0.25, 0.3) is 0 Å².